The van der Waals surface area contributed by atoms with Crippen molar-refractivity contribution in [1.29, 1.82) is 0 Å². The highest BCUT2D eigenvalue weighted by Crippen LogP contribution is 2.36. The molecule has 1 aromatic carbocycles. The number of amides is 1. The van der Waals surface area contributed by atoms with E-state index in [1.54, 1.807) is 6.92 Å². The molecule has 0 bridgehead atoms. The number of hydrogen-bond donors (Lipinski definition) is 3. The van der Waals surface area contributed by atoms with Gasteiger partial charge in [0.25, 0.3) is 11.5 Å². The molecular formula is C14H13F3N4O2S. The minimum atomic E-state index is -4.35. The summed E-state index contributed by atoms with van der Waals surface area (Å²) < 4.78 is 36.9. The Morgan fingerprint density at radius 2 is 1.96 bits per heavy atom. The van der Waals surface area contributed by atoms with Crippen LogP contribution in [-0.4, -0.2) is 21.4 Å². The van der Waals surface area contributed by atoms with Gasteiger partial charge in [-0.1, -0.05) is 12.1 Å². The first-order valence-corrected chi connectivity index (χ1v) is 7.49. The second kappa shape index (κ2) is 6.95. The van der Waals surface area contributed by atoms with Gasteiger partial charge in [-0.3, -0.25) is 14.6 Å². The van der Waals surface area contributed by atoms with Gasteiger partial charge in [0.15, 0.2) is 0 Å². The lowest BCUT2D eigenvalue weighted by Crippen LogP contribution is -2.29. The van der Waals surface area contributed by atoms with Gasteiger partial charge >= 0.3 is 5.51 Å². The number of alkyl halides is 3. The van der Waals surface area contributed by atoms with E-state index >= 15 is 0 Å². The van der Waals surface area contributed by atoms with Crippen molar-refractivity contribution in [2.24, 2.45) is 0 Å². The van der Waals surface area contributed by atoms with Crippen molar-refractivity contribution in [2.45, 2.75) is 23.4 Å². The van der Waals surface area contributed by atoms with E-state index in [9.17, 15) is 22.8 Å². The summed E-state index contributed by atoms with van der Waals surface area (Å²) in [6.07, 6.45) is 0. The highest BCUT2D eigenvalue weighted by Gasteiger charge is 2.29. The number of benzene rings is 1. The van der Waals surface area contributed by atoms with Crippen LogP contribution in [0, 0.1) is 0 Å². The third-order valence-electron chi connectivity index (χ3n) is 2.95. The first-order chi connectivity index (χ1) is 11.1. The summed E-state index contributed by atoms with van der Waals surface area (Å²) in [5.74, 6) is -0.803. The lowest BCUT2D eigenvalue weighted by atomic mass is 10.1. The molecule has 0 spiro atoms. The number of nitrogens with zero attached hydrogens (tertiary/aromatic N) is 1. The molecule has 0 radical (unpaired) electrons. The maximum absolute atomic E-state index is 12.3. The van der Waals surface area contributed by atoms with E-state index in [2.05, 4.69) is 15.3 Å². The third kappa shape index (κ3) is 5.01. The Bertz CT molecular complexity index is 790. The quantitative estimate of drug-likeness (QED) is 0.729. The minimum Gasteiger partial charge on any atom is -0.369 e. The molecule has 4 N–H and O–H groups in total. The third-order valence-corrected chi connectivity index (χ3v) is 3.69. The molecule has 6 nitrogen and oxygen atoms in total. The van der Waals surface area contributed by atoms with Crippen molar-refractivity contribution in [3.05, 3.63) is 51.9 Å². The molecule has 0 saturated heterocycles. The van der Waals surface area contributed by atoms with Gasteiger partial charge in [-0.05, 0) is 36.4 Å². The number of nitrogens with two attached hydrogens (primary N) is 1. The lowest BCUT2D eigenvalue weighted by molar-refractivity contribution is -0.0328. The van der Waals surface area contributed by atoms with Crippen LogP contribution >= 0.6 is 11.8 Å². The Hall–Kier alpha value is -2.49. The van der Waals surface area contributed by atoms with Gasteiger partial charge in [-0.2, -0.15) is 13.2 Å². The van der Waals surface area contributed by atoms with E-state index in [1.807, 2.05) is 0 Å². The molecule has 10 heteroatoms. The van der Waals surface area contributed by atoms with E-state index in [-0.39, 0.29) is 28.3 Å². The SMILES string of the molecule is C[C@@H](NC(=O)c1cc(=O)[nH]c(N)n1)c1ccc(SC(F)(F)F)cc1. The van der Waals surface area contributed by atoms with E-state index in [0.717, 1.165) is 6.07 Å². The van der Waals surface area contributed by atoms with Crippen molar-refractivity contribution in [3.63, 3.8) is 0 Å². The van der Waals surface area contributed by atoms with Crippen molar-refractivity contribution >= 4 is 23.6 Å². The van der Waals surface area contributed by atoms with Crippen molar-refractivity contribution in [3.8, 4) is 0 Å². The number of carbonyl (C=O) groups excluding carboxylic acids is 1. The number of rotatable bonds is 4. The molecule has 24 heavy (non-hydrogen) atoms. The molecule has 0 unspecified atom stereocenters. The van der Waals surface area contributed by atoms with Gasteiger partial charge < -0.3 is 11.1 Å². The van der Waals surface area contributed by atoms with Crippen LogP contribution in [0.2, 0.25) is 0 Å². The molecular weight excluding hydrogens is 345 g/mol. The number of nitrogen functional groups attached to an aromatic ring is 1. The summed E-state index contributed by atoms with van der Waals surface area (Å²) in [5, 5.41) is 2.60. The molecule has 0 saturated carbocycles. The van der Waals surface area contributed by atoms with Gasteiger partial charge in [0, 0.05) is 11.0 Å². The fourth-order valence-electron chi connectivity index (χ4n) is 1.90. The van der Waals surface area contributed by atoms with Gasteiger partial charge in [-0.25, -0.2) is 4.98 Å². The molecule has 0 aliphatic heterocycles. The average Bonchev–Trinajstić information content (AvgIpc) is 2.45. The number of aromatic nitrogens is 2. The molecule has 0 aliphatic rings. The van der Waals surface area contributed by atoms with Crippen LogP contribution in [0.4, 0.5) is 19.1 Å². The molecule has 0 fully saturated rings. The Kier molecular flexibility index (Phi) is 5.17. The van der Waals surface area contributed by atoms with Crippen molar-refractivity contribution < 1.29 is 18.0 Å². The molecule has 2 aromatic rings. The van der Waals surface area contributed by atoms with Crippen molar-refractivity contribution in [1.82, 2.24) is 15.3 Å². The summed E-state index contributed by atoms with van der Waals surface area (Å²) in [4.78, 5) is 29.3. The van der Waals surface area contributed by atoms with Crippen LogP contribution in [0.3, 0.4) is 0 Å². The molecule has 1 atom stereocenters. The second-order valence-corrected chi connectivity index (χ2v) is 5.97. The molecule has 128 valence electrons. The van der Waals surface area contributed by atoms with Gasteiger partial charge in [-0.15, -0.1) is 0 Å². The first kappa shape index (κ1) is 17.9. The first-order valence-electron chi connectivity index (χ1n) is 6.67. The van der Waals surface area contributed by atoms with Crippen LogP contribution in [0.5, 0.6) is 0 Å². The Morgan fingerprint density at radius 3 is 2.50 bits per heavy atom. The summed E-state index contributed by atoms with van der Waals surface area (Å²) in [5.41, 5.74) is 0.909. The number of anilines is 1. The normalized spacial score (nSPS) is 12.7. The number of thioether (sulfide) groups is 1. The molecule has 1 amide bonds. The number of carbonyl (C=O) groups is 1. The highest BCUT2D eigenvalue weighted by atomic mass is 32.2. The maximum atomic E-state index is 12.3. The molecule has 1 aromatic heterocycles. The maximum Gasteiger partial charge on any atom is 0.446 e. The van der Waals surface area contributed by atoms with Crippen molar-refractivity contribution in [2.75, 3.05) is 5.73 Å². The number of nitrogens with one attached hydrogen (secondary N) is 2. The number of H-pyrrole nitrogens is 1. The van der Waals surface area contributed by atoms with E-state index in [4.69, 9.17) is 5.73 Å². The highest BCUT2D eigenvalue weighted by molar-refractivity contribution is 8.00. The lowest BCUT2D eigenvalue weighted by Gasteiger charge is -2.15. The van der Waals surface area contributed by atoms with Gasteiger partial charge in [0.2, 0.25) is 5.95 Å². The topological polar surface area (TPSA) is 101 Å². The van der Waals surface area contributed by atoms with Gasteiger partial charge in [0.1, 0.15) is 5.69 Å². The zero-order valence-electron chi connectivity index (χ0n) is 12.3. The molecule has 1 heterocycles. The fraction of sp³-hybridized carbons (Fsp3) is 0.214. The van der Waals surface area contributed by atoms with Gasteiger partial charge in [0.05, 0.1) is 6.04 Å². The zero-order valence-corrected chi connectivity index (χ0v) is 13.2. The Balaban J connectivity index is 2.07. The van der Waals surface area contributed by atoms with Crippen LogP contribution < -0.4 is 16.6 Å². The fourth-order valence-corrected chi connectivity index (χ4v) is 2.44. The predicted octanol–water partition coefficient (Wildman–Crippen LogP) is 2.46. The molecule has 0 aliphatic carbocycles. The van der Waals surface area contributed by atoms with E-state index in [1.165, 1.54) is 24.3 Å². The van der Waals surface area contributed by atoms with E-state index < -0.39 is 23.0 Å². The predicted molar refractivity (Wildman–Crippen MR) is 83.5 cm³/mol. The average molecular weight is 358 g/mol. The van der Waals surface area contributed by atoms with Crippen LogP contribution in [0.25, 0.3) is 0 Å². The van der Waals surface area contributed by atoms with Crippen LogP contribution in [-0.2, 0) is 0 Å². The van der Waals surface area contributed by atoms with E-state index in [0.29, 0.717) is 5.56 Å². The summed E-state index contributed by atoms with van der Waals surface area (Å²) >= 11 is -0.214. The summed E-state index contributed by atoms with van der Waals surface area (Å²) in [6, 6.07) is 6.11. The largest absolute Gasteiger partial charge is 0.446 e. The standard InChI is InChI=1S/C14H13F3N4O2S/c1-7(8-2-4-9(5-3-8)24-14(15,16)17)19-12(23)10-6-11(22)21-13(18)20-10/h2-7H,1H3,(H,19,23)(H3,18,20,21,22)/t7-/m1/s1. The Labute approximate surface area is 138 Å². The second-order valence-electron chi connectivity index (χ2n) is 4.83. The number of aromatic amines is 1. The number of hydrogen-bond acceptors (Lipinski definition) is 5. The minimum absolute atomic E-state index is 0.0498. The monoisotopic (exact) mass is 358 g/mol. The Morgan fingerprint density at radius 1 is 1.33 bits per heavy atom. The van der Waals surface area contributed by atoms with Crippen LogP contribution in [0.15, 0.2) is 40.0 Å². The zero-order chi connectivity index (χ0) is 17.9. The summed E-state index contributed by atoms with van der Waals surface area (Å²) in [7, 11) is 0. The molecule has 2 rings (SSSR count). The number of halogens is 3. The summed E-state index contributed by atoms with van der Waals surface area (Å²) in [6.45, 7) is 1.65. The van der Waals surface area contributed by atoms with Crippen LogP contribution in [0.1, 0.15) is 29.0 Å². The smallest absolute Gasteiger partial charge is 0.369 e.